The zero-order valence-electron chi connectivity index (χ0n) is 11.8. The van der Waals surface area contributed by atoms with Crippen molar-refractivity contribution in [3.8, 4) is 0 Å². The first-order valence-electron chi connectivity index (χ1n) is 7.07. The molecule has 1 fully saturated rings. The van der Waals surface area contributed by atoms with E-state index in [0.29, 0.717) is 21.0 Å². The van der Waals surface area contributed by atoms with Crippen molar-refractivity contribution in [1.29, 1.82) is 0 Å². The van der Waals surface area contributed by atoms with Gasteiger partial charge < -0.3 is 11.5 Å². The van der Waals surface area contributed by atoms with Crippen LogP contribution in [-0.2, 0) is 0 Å². The first kappa shape index (κ1) is 15.7. The highest BCUT2D eigenvalue weighted by Crippen LogP contribution is 2.42. The highest BCUT2D eigenvalue weighted by atomic mass is 35.5. The van der Waals surface area contributed by atoms with Crippen LogP contribution in [0.5, 0.6) is 0 Å². The van der Waals surface area contributed by atoms with Crippen molar-refractivity contribution in [2.24, 2.45) is 21.5 Å². The normalized spacial score (nSPS) is 20.8. The van der Waals surface area contributed by atoms with Crippen molar-refractivity contribution in [2.75, 3.05) is 4.90 Å². The number of anilines is 1. The molecule has 0 aromatic heterocycles. The lowest BCUT2D eigenvalue weighted by molar-refractivity contribution is 0.305. The van der Waals surface area contributed by atoms with Gasteiger partial charge in [-0.1, -0.05) is 41.2 Å². The van der Waals surface area contributed by atoms with Crippen molar-refractivity contribution in [3.05, 3.63) is 27.2 Å². The average Bonchev–Trinajstić information content (AvgIpc) is 2.44. The van der Waals surface area contributed by atoms with E-state index >= 15 is 0 Å². The largest absolute Gasteiger partial charge is 0.369 e. The summed E-state index contributed by atoms with van der Waals surface area (Å²) in [7, 11) is 0. The number of benzene rings is 1. The molecule has 3 rings (SSSR count). The van der Waals surface area contributed by atoms with Crippen molar-refractivity contribution in [3.63, 3.8) is 0 Å². The van der Waals surface area contributed by atoms with Crippen molar-refractivity contribution < 1.29 is 0 Å². The maximum atomic E-state index is 6.16. The van der Waals surface area contributed by atoms with E-state index in [-0.39, 0.29) is 5.96 Å². The highest BCUT2D eigenvalue weighted by molar-refractivity contribution is 6.48. The van der Waals surface area contributed by atoms with Crippen LogP contribution >= 0.6 is 34.8 Å². The third-order valence-electron chi connectivity index (χ3n) is 4.08. The summed E-state index contributed by atoms with van der Waals surface area (Å²) in [5, 5.41) is 1.05. The Hall–Kier alpha value is -1.17. The zero-order chi connectivity index (χ0) is 15.9. The van der Waals surface area contributed by atoms with Gasteiger partial charge in [-0.15, -0.1) is 0 Å². The van der Waals surface area contributed by atoms with E-state index in [0.717, 1.165) is 31.4 Å². The molecule has 0 unspecified atom stereocenters. The molecule has 1 aromatic rings. The third-order valence-corrected chi connectivity index (χ3v) is 5.28. The first-order valence-corrected chi connectivity index (χ1v) is 8.21. The maximum Gasteiger partial charge on any atom is 0.220 e. The average molecular weight is 361 g/mol. The molecule has 1 aliphatic carbocycles. The van der Waals surface area contributed by atoms with Gasteiger partial charge in [0, 0.05) is 5.69 Å². The van der Waals surface area contributed by atoms with Gasteiger partial charge in [-0.05, 0) is 37.8 Å². The predicted octanol–water partition coefficient (Wildman–Crippen LogP) is 3.76. The highest BCUT2D eigenvalue weighted by Gasteiger charge is 2.42. The smallest absolute Gasteiger partial charge is 0.220 e. The molecule has 5 nitrogen and oxygen atoms in total. The lowest BCUT2D eigenvalue weighted by atomic mass is 9.87. The van der Waals surface area contributed by atoms with Crippen molar-refractivity contribution in [2.45, 2.75) is 37.8 Å². The molecule has 0 bridgehead atoms. The molecule has 4 N–H and O–H groups in total. The minimum Gasteiger partial charge on any atom is -0.369 e. The van der Waals surface area contributed by atoms with E-state index in [1.807, 2.05) is 4.90 Å². The number of hydrogen-bond donors (Lipinski definition) is 2. The van der Waals surface area contributed by atoms with Gasteiger partial charge >= 0.3 is 0 Å². The van der Waals surface area contributed by atoms with Crippen molar-refractivity contribution in [1.82, 2.24) is 0 Å². The Morgan fingerprint density at radius 2 is 1.59 bits per heavy atom. The summed E-state index contributed by atoms with van der Waals surface area (Å²) in [5.41, 5.74) is 12.2. The number of halogens is 3. The van der Waals surface area contributed by atoms with E-state index < -0.39 is 5.66 Å². The van der Waals surface area contributed by atoms with Gasteiger partial charge in [0.2, 0.25) is 11.9 Å². The third kappa shape index (κ3) is 2.62. The van der Waals surface area contributed by atoms with E-state index in [4.69, 9.17) is 46.3 Å². The molecule has 0 amide bonds. The fraction of sp³-hybridized carbons (Fsp3) is 0.429. The van der Waals surface area contributed by atoms with Gasteiger partial charge in [0.1, 0.15) is 5.66 Å². The van der Waals surface area contributed by atoms with Gasteiger partial charge in [0.15, 0.2) is 0 Å². The molecule has 1 saturated carbocycles. The molecule has 22 heavy (non-hydrogen) atoms. The maximum absolute atomic E-state index is 6.16. The standard InChI is InChI=1S/C14H16Cl3N5/c15-9-6-8(7-10(16)11(9)17)22-13(19)20-12(18)21-14(22)4-2-1-3-5-14/h6-7H,1-5H2,(H4,18,19,20,21). The number of aliphatic imine (C=N–C) groups is 2. The van der Waals surface area contributed by atoms with Crippen LogP contribution in [0, 0.1) is 0 Å². The number of nitrogens with zero attached hydrogens (tertiary/aromatic N) is 3. The molecule has 1 heterocycles. The molecular weight excluding hydrogens is 345 g/mol. The van der Waals surface area contributed by atoms with Crippen LogP contribution in [0.1, 0.15) is 32.1 Å². The summed E-state index contributed by atoms with van der Waals surface area (Å²) in [6.07, 6.45) is 4.97. The Labute approximate surface area is 143 Å². The Morgan fingerprint density at radius 3 is 2.18 bits per heavy atom. The Kier molecular flexibility index (Phi) is 4.14. The van der Waals surface area contributed by atoms with E-state index in [9.17, 15) is 0 Å². The fourth-order valence-electron chi connectivity index (χ4n) is 3.17. The second-order valence-electron chi connectivity index (χ2n) is 5.54. The summed E-state index contributed by atoms with van der Waals surface area (Å²) in [6.45, 7) is 0. The molecule has 8 heteroatoms. The molecular formula is C14H16Cl3N5. The second kappa shape index (κ2) is 5.80. The molecule has 1 spiro atoms. The lowest BCUT2D eigenvalue weighted by Crippen LogP contribution is -2.58. The van der Waals surface area contributed by atoms with Crippen LogP contribution in [0.2, 0.25) is 15.1 Å². The quantitative estimate of drug-likeness (QED) is 0.748. The number of hydrogen-bond acceptors (Lipinski definition) is 5. The predicted molar refractivity (Wildman–Crippen MR) is 93.0 cm³/mol. The summed E-state index contributed by atoms with van der Waals surface area (Å²) in [5.74, 6) is 0.505. The van der Waals surface area contributed by atoms with Crippen LogP contribution in [0.4, 0.5) is 5.69 Å². The van der Waals surface area contributed by atoms with Gasteiger partial charge in [-0.2, -0.15) is 4.99 Å². The summed E-state index contributed by atoms with van der Waals surface area (Å²) < 4.78 is 0. The Balaban J connectivity index is 2.12. The molecule has 1 aromatic carbocycles. The van der Waals surface area contributed by atoms with Crippen LogP contribution < -0.4 is 16.4 Å². The SMILES string of the molecule is NC1=NC2(CCCCC2)N(c2cc(Cl)c(Cl)c(Cl)c2)C(N)=N1. The van der Waals surface area contributed by atoms with Gasteiger partial charge in [0.25, 0.3) is 0 Å². The van der Waals surface area contributed by atoms with Crippen LogP contribution in [0.15, 0.2) is 22.1 Å². The van der Waals surface area contributed by atoms with Crippen molar-refractivity contribution >= 4 is 52.4 Å². The lowest BCUT2D eigenvalue weighted by Gasteiger charge is -2.45. The molecule has 118 valence electrons. The monoisotopic (exact) mass is 359 g/mol. The molecule has 0 saturated heterocycles. The summed E-state index contributed by atoms with van der Waals surface area (Å²) in [6, 6.07) is 3.46. The van der Waals surface area contributed by atoms with Crippen LogP contribution in [-0.4, -0.2) is 17.6 Å². The molecule has 1 aliphatic heterocycles. The topological polar surface area (TPSA) is 80.0 Å². The van der Waals surface area contributed by atoms with Crippen LogP contribution in [0.3, 0.4) is 0 Å². The first-order chi connectivity index (χ1) is 10.4. The summed E-state index contributed by atoms with van der Waals surface area (Å²) >= 11 is 18.3. The van der Waals surface area contributed by atoms with E-state index in [1.165, 1.54) is 6.42 Å². The fourth-order valence-corrected chi connectivity index (χ4v) is 3.75. The van der Waals surface area contributed by atoms with Crippen LogP contribution in [0.25, 0.3) is 0 Å². The number of rotatable bonds is 1. The second-order valence-corrected chi connectivity index (χ2v) is 6.73. The van der Waals surface area contributed by atoms with Gasteiger partial charge in [-0.25, -0.2) is 4.99 Å². The molecule has 0 radical (unpaired) electrons. The number of guanidine groups is 2. The Bertz CT molecular complexity index is 641. The molecule has 0 atom stereocenters. The van der Waals surface area contributed by atoms with E-state index in [2.05, 4.69) is 9.98 Å². The van der Waals surface area contributed by atoms with E-state index in [1.54, 1.807) is 12.1 Å². The minimum atomic E-state index is -0.519. The minimum absolute atomic E-state index is 0.210. The summed E-state index contributed by atoms with van der Waals surface area (Å²) in [4.78, 5) is 10.6. The zero-order valence-corrected chi connectivity index (χ0v) is 14.1. The Morgan fingerprint density at radius 1 is 1.00 bits per heavy atom. The van der Waals surface area contributed by atoms with Gasteiger partial charge in [0.05, 0.1) is 15.1 Å². The van der Waals surface area contributed by atoms with Gasteiger partial charge in [-0.3, -0.25) is 4.90 Å². The number of nitrogens with two attached hydrogens (primary N) is 2. The molecule has 2 aliphatic rings.